The van der Waals surface area contributed by atoms with Crippen molar-refractivity contribution in [2.75, 3.05) is 0 Å². The summed E-state index contributed by atoms with van der Waals surface area (Å²) in [7, 11) is 0. The van der Waals surface area contributed by atoms with Gasteiger partial charge in [-0.1, -0.05) is 49.2 Å². The molecule has 1 heterocycles. The van der Waals surface area contributed by atoms with Crippen molar-refractivity contribution in [3.05, 3.63) is 44.5 Å². The predicted molar refractivity (Wildman–Crippen MR) is 80.4 cm³/mol. The van der Waals surface area contributed by atoms with E-state index in [0.29, 0.717) is 22.6 Å². The van der Waals surface area contributed by atoms with Crippen LogP contribution in [-0.4, -0.2) is 10.2 Å². The fourth-order valence-corrected chi connectivity index (χ4v) is 2.27. The van der Waals surface area contributed by atoms with Crippen LogP contribution in [-0.2, 0) is 0 Å². The Balaban J connectivity index is 2.40. The number of benzene rings is 1. The minimum absolute atomic E-state index is 0.158. The van der Waals surface area contributed by atoms with Gasteiger partial charge in [-0.2, -0.15) is 0 Å². The maximum Gasteiger partial charge on any atom is 0.240 e. The monoisotopic (exact) mass is 360 g/mol. The lowest BCUT2D eigenvalue weighted by Gasteiger charge is -2.14. The zero-order valence-corrected chi connectivity index (χ0v) is 13.4. The number of para-hydroxylation sites is 1. The van der Waals surface area contributed by atoms with E-state index in [2.05, 4.69) is 40.0 Å². The molecule has 0 radical (unpaired) electrons. The maximum absolute atomic E-state index is 5.90. The van der Waals surface area contributed by atoms with E-state index in [9.17, 15) is 0 Å². The van der Waals surface area contributed by atoms with E-state index in [0.717, 1.165) is 10.0 Å². The zero-order chi connectivity index (χ0) is 14.0. The van der Waals surface area contributed by atoms with E-state index < -0.39 is 0 Å². The van der Waals surface area contributed by atoms with Crippen molar-refractivity contribution in [1.82, 2.24) is 10.2 Å². The number of hydrogen-bond donors (Lipinski definition) is 0. The first-order chi connectivity index (χ1) is 8.99. The number of rotatable bonds is 3. The molecular formula is C13H11BrCl2N2O. The topological polar surface area (TPSA) is 35.0 Å². The van der Waals surface area contributed by atoms with Crippen molar-refractivity contribution in [1.29, 1.82) is 0 Å². The van der Waals surface area contributed by atoms with Crippen LogP contribution in [0.3, 0.4) is 0 Å². The molecule has 3 nitrogen and oxygen atoms in total. The Morgan fingerprint density at radius 3 is 2.58 bits per heavy atom. The van der Waals surface area contributed by atoms with Crippen LogP contribution >= 0.6 is 39.1 Å². The highest BCUT2D eigenvalue weighted by atomic mass is 79.9. The van der Waals surface area contributed by atoms with Gasteiger partial charge in [0.2, 0.25) is 5.88 Å². The van der Waals surface area contributed by atoms with E-state index in [-0.39, 0.29) is 5.15 Å². The third-order valence-electron chi connectivity index (χ3n) is 2.51. The van der Waals surface area contributed by atoms with Gasteiger partial charge in [0.1, 0.15) is 5.75 Å². The van der Waals surface area contributed by atoms with Gasteiger partial charge in [-0.05, 0) is 33.5 Å². The Morgan fingerprint density at radius 1 is 1.21 bits per heavy atom. The van der Waals surface area contributed by atoms with Crippen LogP contribution < -0.4 is 4.74 Å². The van der Waals surface area contributed by atoms with Crippen LogP contribution in [0, 0.1) is 0 Å². The maximum atomic E-state index is 5.90. The zero-order valence-electron chi connectivity index (χ0n) is 10.3. The smallest absolute Gasteiger partial charge is 0.240 e. The first kappa shape index (κ1) is 14.6. The Kier molecular flexibility index (Phi) is 4.66. The van der Waals surface area contributed by atoms with E-state index >= 15 is 0 Å². The normalized spacial score (nSPS) is 10.8. The van der Waals surface area contributed by atoms with E-state index in [1.165, 1.54) is 0 Å². The molecular weight excluding hydrogens is 351 g/mol. The molecule has 0 saturated heterocycles. The standard InChI is InChI=1S/C13H11BrCl2N2O/c1-7(2)8-4-3-5-9(14)12(8)19-11-6-10(15)13(16)18-17-11/h3-7H,1-2H3. The highest BCUT2D eigenvalue weighted by Gasteiger charge is 2.13. The van der Waals surface area contributed by atoms with Crippen molar-refractivity contribution < 1.29 is 4.74 Å². The Labute approximate surface area is 130 Å². The lowest BCUT2D eigenvalue weighted by atomic mass is 10.0. The number of halogens is 3. The van der Waals surface area contributed by atoms with Crippen LogP contribution in [0.1, 0.15) is 25.3 Å². The van der Waals surface area contributed by atoms with Gasteiger partial charge in [-0.25, -0.2) is 0 Å². The molecule has 1 aromatic heterocycles. The number of aromatic nitrogens is 2. The quantitative estimate of drug-likeness (QED) is 0.727. The highest BCUT2D eigenvalue weighted by molar-refractivity contribution is 9.10. The molecule has 0 unspecified atom stereocenters. The second-order valence-corrected chi connectivity index (χ2v) is 5.86. The largest absolute Gasteiger partial charge is 0.436 e. The molecule has 0 fully saturated rings. The minimum atomic E-state index is 0.158. The lowest BCUT2D eigenvalue weighted by Crippen LogP contribution is -1.97. The molecule has 0 N–H and O–H groups in total. The molecule has 2 rings (SSSR count). The van der Waals surface area contributed by atoms with Crippen molar-refractivity contribution >= 4 is 39.1 Å². The van der Waals surface area contributed by atoms with Crippen LogP contribution in [0.25, 0.3) is 0 Å². The van der Waals surface area contributed by atoms with E-state index in [1.807, 2.05) is 18.2 Å². The van der Waals surface area contributed by atoms with Gasteiger partial charge in [0, 0.05) is 6.07 Å². The number of ether oxygens (including phenoxy) is 1. The third-order valence-corrected chi connectivity index (χ3v) is 3.80. The van der Waals surface area contributed by atoms with Gasteiger partial charge >= 0.3 is 0 Å². The van der Waals surface area contributed by atoms with Gasteiger partial charge in [-0.3, -0.25) is 0 Å². The van der Waals surface area contributed by atoms with Crippen molar-refractivity contribution in [3.8, 4) is 11.6 Å². The van der Waals surface area contributed by atoms with Crippen molar-refractivity contribution in [2.24, 2.45) is 0 Å². The summed E-state index contributed by atoms with van der Waals surface area (Å²) in [5.74, 6) is 1.34. The third kappa shape index (κ3) is 3.38. The van der Waals surface area contributed by atoms with E-state index in [4.69, 9.17) is 27.9 Å². The molecule has 100 valence electrons. The summed E-state index contributed by atoms with van der Waals surface area (Å²) in [4.78, 5) is 0. The predicted octanol–water partition coefficient (Wildman–Crippen LogP) is 5.46. The first-order valence-corrected chi connectivity index (χ1v) is 7.19. The second kappa shape index (κ2) is 6.07. The number of hydrogen-bond acceptors (Lipinski definition) is 3. The molecule has 0 atom stereocenters. The average molecular weight is 362 g/mol. The van der Waals surface area contributed by atoms with Crippen molar-refractivity contribution in [3.63, 3.8) is 0 Å². The Morgan fingerprint density at radius 2 is 1.95 bits per heavy atom. The SMILES string of the molecule is CC(C)c1cccc(Br)c1Oc1cc(Cl)c(Cl)nn1. The Hall–Kier alpha value is -0.840. The molecule has 6 heteroatoms. The van der Waals surface area contributed by atoms with Crippen LogP contribution in [0.5, 0.6) is 11.6 Å². The van der Waals surface area contributed by atoms with E-state index in [1.54, 1.807) is 6.07 Å². The summed E-state index contributed by atoms with van der Waals surface area (Å²) in [5.41, 5.74) is 1.07. The van der Waals surface area contributed by atoms with Gasteiger partial charge in [0.05, 0.1) is 9.50 Å². The summed E-state index contributed by atoms with van der Waals surface area (Å²) in [6.45, 7) is 4.18. The molecule has 0 bridgehead atoms. The molecule has 0 saturated carbocycles. The molecule has 0 amide bonds. The minimum Gasteiger partial charge on any atom is -0.436 e. The molecule has 0 aliphatic heterocycles. The summed E-state index contributed by atoms with van der Waals surface area (Å²) >= 11 is 15.1. The fourth-order valence-electron chi connectivity index (χ4n) is 1.58. The first-order valence-electron chi connectivity index (χ1n) is 5.64. The van der Waals surface area contributed by atoms with Crippen LogP contribution in [0.4, 0.5) is 0 Å². The van der Waals surface area contributed by atoms with Crippen molar-refractivity contribution in [2.45, 2.75) is 19.8 Å². The summed E-state index contributed by atoms with van der Waals surface area (Å²) in [6.07, 6.45) is 0. The van der Waals surface area contributed by atoms with Crippen LogP contribution in [0.2, 0.25) is 10.2 Å². The van der Waals surface area contributed by atoms with Gasteiger partial charge in [0.15, 0.2) is 5.15 Å². The molecule has 1 aromatic carbocycles. The molecule has 19 heavy (non-hydrogen) atoms. The van der Waals surface area contributed by atoms with Crippen LogP contribution in [0.15, 0.2) is 28.7 Å². The van der Waals surface area contributed by atoms with Gasteiger partial charge in [-0.15, -0.1) is 10.2 Å². The summed E-state index contributed by atoms with van der Waals surface area (Å²) in [5, 5.41) is 8.06. The van der Waals surface area contributed by atoms with Gasteiger partial charge in [0.25, 0.3) is 0 Å². The lowest BCUT2D eigenvalue weighted by molar-refractivity contribution is 0.444. The summed E-state index contributed by atoms with van der Waals surface area (Å²) in [6, 6.07) is 7.43. The molecule has 0 aliphatic rings. The highest BCUT2D eigenvalue weighted by Crippen LogP contribution is 2.37. The summed E-state index contributed by atoms with van der Waals surface area (Å²) < 4.78 is 6.63. The molecule has 0 spiro atoms. The molecule has 2 aromatic rings. The second-order valence-electron chi connectivity index (χ2n) is 4.24. The Bertz CT molecular complexity index is 605. The number of nitrogens with zero attached hydrogens (tertiary/aromatic N) is 2. The molecule has 0 aliphatic carbocycles. The fraction of sp³-hybridized carbons (Fsp3) is 0.231. The average Bonchev–Trinajstić information content (AvgIpc) is 2.36. The van der Waals surface area contributed by atoms with Gasteiger partial charge < -0.3 is 4.74 Å².